The Balaban J connectivity index is 2.35. The molecule has 1 heterocycles. The van der Waals surface area contributed by atoms with Crippen LogP contribution in [-0.4, -0.2) is 35.2 Å². The number of nitrogens with one attached hydrogen (secondary N) is 1. The third kappa shape index (κ3) is 2.55. The molecule has 0 bridgehead atoms. The highest BCUT2D eigenvalue weighted by atomic mass is 16.2. The zero-order chi connectivity index (χ0) is 15.6. The average Bonchev–Trinajstić information content (AvgIpc) is 2.47. The SMILES string of the molecule is CCC1(N(C)C(=O)c2ccccc2C)CCC(=O)NC1=O. The van der Waals surface area contributed by atoms with E-state index in [1.165, 1.54) is 4.90 Å². The first-order chi connectivity index (χ1) is 9.92. The zero-order valence-corrected chi connectivity index (χ0v) is 12.6. The molecule has 21 heavy (non-hydrogen) atoms. The number of carbonyl (C=O) groups is 3. The molecule has 0 spiro atoms. The largest absolute Gasteiger partial charge is 0.327 e. The molecular weight excluding hydrogens is 268 g/mol. The summed E-state index contributed by atoms with van der Waals surface area (Å²) in [5, 5.41) is 2.35. The number of imide groups is 1. The molecule has 1 aromatic carbocycles. The molecule has 2 rings (SSSR count). The lowest BCUT2D eigenvalue weighted by atomic mass is 9.84. The number of aryl methyl sites for hydroxylation is 1. The van der Waals surface area contributed by atoms with Gasteiger partial charge < -0.3 is 4.90 Å². The first-order valence-corrected chi connectivity index (χ1v) is 7.10. The Labute approximate surface area is 124 Å². The molecule has 0 saturated carbocycles. The zero-order valence-electron chi connectivity index (χ0n) is 12.6. The fourth-order valence-corrected chi connectivity index (χ4v) is 2.82. The molecule has 1 N–H and O–H groups in total. The summed E-state index contributed by atoms with van der Waals surface area (Å²) < 4.78 is 0. The Morgan fingerprint density at radius 3 is 2.57 bits per heavy atom. The van der Waals surface area contributed by atoms with Gasteiger partial charge in [0.1, 0.15) is 5.54 Å². The standard InChI is InChI=1S/C16H20N2O3/c1-4-16(10-9-13(19)17-15(16)21)18(3)14(20)12-8-6-5-7-11(12)2/h5-8H,4,9-10H2,1-3H3,(H,17,19,21). The quantitative estimate of drug-likeness (QED) is 0.860. The van der Waals surface area contributed by atoms with Crippen LogP contribution >= 0.6 is 0 Å². The van der Waals surface area contributed by atoms with Crippen molar-refractivity contribution in [3.63, 3.8) is 0 Å². The van der Waals surface area contributed by atoms with Crippen LogP contribution in [0.3, 0.4) is 0 Å². The van der Waals surface area contributed by atoms with Crippen LogP contribution in [0, 0.1) is 6.92 Å². The van der Waals surface area contributed by atoms with Crippen molar-refractivity contribution in [1.29, 1.82) is 0 Å². The van der Waals surface area contributed by atoms with Gasteiger partial charge in [0.05, 0.1) is 0 Å². The van der Waals surface area contributed by atoms with Gasteiger partial charge in [-0.1, -0.05) is 25.1 Å². The Hall–Kier alpha value is -2.17. The third-order valence-electron chi connectivity index (χ3n) is 4.35. The molecule has 0 radical (unpaired) electrons. The minimum Gasteiger partial charge on any atom is -0.327 e. The van der Waals surface area contributed by atoms with Gasteiger partial charge in [-0.05, 0) is 31.4 Å². The van der Waals surface area contributed by atoms with Crippen molar-refractivity contribution in [2.45, 2.75) is 38.6 Å². The monoisotopic (exact) mass is 288 g/mol. The van der Waals surface area contributed by atoms with E-state index in [0.29, 0.717) is 18.4 Å². The molecule has 1 aromatic rings. The second-order valence-electron chi connectivity index (χ2n) is 5.44. The van der Waals surface area contributed by atoms with Crippen LogP contribution in [0.2, 0.25) is 0 Å². The van der Waals surface area contributed by atoms with E-state index in [9.17, 15) is 14.4 Å². The molecule has 1 unspecified atom stereocenters. The first kappa shape index (κ1) is 15.2. The summed E-state index contributed by atoms with van der Waals surface area (Å²) in [6, 6.07) is 7.29. The molecule has 0 aromatic heterocycles. The number of hydrogen-bond donors (Lipinski definition) is 1. The van der Waals surface area contributed by atoms with Crippen LogP contribution in [0.4, 0.5) is 0 Å². The highest BCUT2D eigenvalue weighted by molar-refractivity contribution is 6.06. The lowest BCUT2D eigenvalue weighted by Gasteiger charge is -2.42. The van der Waals surface area contributed by atoms with Gasteiger partial charge in [-0.15, -0.1) is 0 Å². The Bertz CT molecular complexity index is 597. The van der Waals surface area contributed by atoms with Gasteiger partial charge in [-0.3, -0.25) is 19.7 Å². The molecule has 1 atom stereocenters. The fraction of sp³-hybridized carbons (Fsp3) is 0.438. The van der Waals surface area contributed by atoms with Crippen molar-refractivity contribution < 1.29 is 14.4 Å². The topological polar surface area (TPSA) is 66.5 Å². The summed E-state index contributed by atoms with van der Waals surface area (Å²) >= 11 is 0. The summed E-state index contributed by atoms with van der Waals surface area (Å²) in [5.41, 5.74) is 0.498. The molecule has 5 nitrogen and oxygen atoms in total. The highest BCUT2D eigenvalue weighted by Crippen LogP contribution is 2.29. The van der Waals surface area contributed by atoms with Gasteiger partial charge in [0.25, 0.3) is 11.8 Å². The molecular formula is C16H20N2O3. The maximum absolute atomic E-state index is 12.7. The van der Waals surface area contributed by atoms with E-state index in [4.69, 9.17) is 0 Å². The normalized spacial score (nSPS) is 21.9. The molecule has 5 heteroatoms. The molecule has 1 fully saturated rings. The van der Waals surface area contributed by atoms with Crippen molar-refractivity contribution >= 4 is 17.7 Å². The Morgan fingerprint density at radius 2 is 2.00 bits per heavy atom. The van der Waals surface area contributed by atoms with E-state index in [1.54, 1.807) is 19.2 Å². The minimum absolute atomic E-state index is 0.195. The van der Waals surface area contributed by atoms with Gasteiger partial charge >= 0.3 is 0 Å². The third-order valence-corrected chi connectivity index (χ3v) is 4.35. The van der Waals surface area contributed by atoms with E-state index in [0.717, 1.165) is 5.56 Å². The Morgan fingerprint density at radius 1 is 1.33 bits per heavy atom. The molecule has 0 aliphatic carbocycles. The van der Waals surface area contributed by atoms with Crippen molar-refractivity contribution in [2.24, 2.45) is 0 Å². The summed E-state index contributed by atoms with van der Waals surface area (Å²) in [6.07, 6.45) is 1.09. The minimum atomic E-state index is -0.951. The van der Waals surface area contributed by atoms with E-state index < -0.39 is 5.54 Å². The maximum atomic E-state index is 12.7. The van der Waals surface area contributed by atoms with Gasteiger partial charge in [-0.25, -0.2) is 0 Å². The van der Waals surface area contributed by atoms with Gasteiger partial charge in [0, 0.05) is 19.0 Å². The molecule has 1 aliphatic heterocycles. The second kappa shape index (κ2) is 5.68. The van der Waals surface area contributed by atoms with Crippen molar-refractivity contribution in [3.8, 4) is 0 Å². The van der Waals surface area contributed by atoms with E-state index in [2.05, 4.69) is 5.32 Å². The van der Waals surface area contributed by atoms with Crippen LogP contribution in [0.1, 0.15) is 42.1 Å². The van der Waals surface area contributed by atoms with Gasteiger partial charge in [-0.2, -0.15) is 0 Å². The summed E-state index contributed by atoms with van der Waals surface area (Å²) in [5.74, 6) is -0.856. The molecule has 1 aliphatic rings. The first-order valence-electron chi connectivity index (χ1n) is 7.10. The summed E-state index contributed by atoms with van der Waals surface area (Å²) in [4.78, 5) is 37.9. The van der Waals surface area contributed by atoms with Crippen molar-refractivity contribution in [1.82, 2.24) is 10.2 Å². The van der Waals surface area contributed by atoms with Crippen LogP contribution in [0.5, 0.6) is 0 Å². The number of amides is 3. The number of nitrogens with zero attached hydrogens (tertiary/aromatic N) is 1. The summed E-state index contributed by atoms with van der Waals surface area (Å²) in [6.45, 7) is 3.72. The highest BCUT2D eigenvalue weighted by Gasteiger charge is 2.46. The van der Waals surface area contributed by atoms with Crippen molar-refractivity contribution in [2.75, 3.05) is 7.05 Å². The fourth-order valence-electron chi connectivity index (χ4n) is 2.82. The van der Waals surface area contributed by atoms with E-state index in [1.807, 2.05) is 26.0 Å². The predicted molar refractivity (Wildman–Crippen MR) is 78.7 cm³/mol. The van der Waals surface area contributed by atoms with Crippen LogP contribution < -0.4 is 5.32 Å². The van der Waals surface area contributed by atoms with Crippen molar-refractivity contribution in [3.05, 3.63) is 35.4 Å². The number of rotatable bonds is 3. The lowest BCUT2D eigenvalue weighted by Crippen LogP contribution is -2.63. The van der Waals surface area contributed by atoms with Crippen LogP contribution in [0.15, 0.2) is 24.3 Å². The number of piperidine rings is 1. The average molecular weight is 288 g/mol. The van der Waals surface area contributed by atoms with Gasteiger partial charge in [0.15, 0.2) is 0 Å². The van der Waals surface area contributed by atoms with Crippen LogP contribution in [-0.2, 0) is 9.59 Å². The smallest absolute Gasteiger partial charge is 0.254 e. The Kier molecular flexibility index (Phi) is 4.11. The number of hydrogen-bond acceptors (Lipinski definition) is 3. The van der Waals surface area contributed by atoms with E-state index >= 15 is 0 Å². The number of likely N-dealkylation sites (N-methyl/N-ethyl adjacent to an activating group) is 1. The molecule has 1 saturated heterocycles. The van der Waals surface area contributed by atoms with Gasteiger partial charge in [0.2, 0.25) is 5.91 Å². The molecule has 112 valence electrons. The van der Waals surface area contributed by atoms with E-state index in [-0.39, 0.29) is 24.1 Å². The maximum Gasteiger partial charge on any atom is 0.254 e. The molecule has 3 amide bonds. The number of benzene rings is 1. The lowest BCUT2D eigenvalue weighted by molar-refractivity contribution is -0.142. The number of carbonyl (C=O) groups excluding carboxylic acids is 3. The summed E-state index contributed by atoms with van der Waals surface area (Å²) in [7, 11) is 1.63. The van der Waals surface area contributed by atoms with Crippen LogP contribution in [0.25, 0.3) is 0 Å². The predicted octanol–water partition coefficient (Wildman–Crippen LogP) is 1.65. The second-order valence-corrected chi connectivity index (χ2v) is 5.44.